The summed E-state index contributed by atoms with van der Waals surface area (Å²) in [6.45, 7) is 7.20. The maximum Gasteiger partial charge on any atom is 0.306 e. The summed E-state index contributed by atoms with van der Waals surface area (Å²) in [5.41, 5.74) is 0. The monoisotopic (exact) mass is 346 g/mol. The first-order valence-electron chi connectivity index (χ1n) is 8.68. The van der Waals surface area contributed by atoms with Gasteiger partial charge in [-0.15, -0.1) is 0 Å². The number of aliphatic hydroxyl groups excluding tert-OH is 2. The van der Waals surface area contributed by atoms with Crippen molar-refractivity contribution in [3.05, 3.63) is 0 Å². The fraction of sp³-hybridized carbons (Fsp3) is 0.882. The summed E-state index contributed by atoms with van der Waals surface area (Å²) < 4.78 is 16.0. The number of carbonyl (C=O) groups excluding carboxylic acids is 2. The molecule has 1 aliphatic rings. The Bertz CT molecular complexity index is 410. The summed E-state index contributed by atoms with van der Waals surface area (Å²) in [6.07, 6.45) is -2.41. The molecule has 5 atom stereocenters. The quantitative estimate of drug-likeness (QED) is 0.640. The third kappa shape index (κ3) is 5.72. The minimum absolute atomic E-state index is 0.0778. The number of hydrogen-bond donors (Lipinski definition) is 2. The predicted molar refractivity (Wildman–Crippen MR) is 85.9 cm³/mol. The fourth-order valence-corrected chi connectivity index (χ4v) is 2.82. The van der Waals surface area contributed by atoms with E-state index in [0.717, 1.165) is 0 Å². The van der Waals surface area contributed by atoms with E-state index in [4.69, 9.17) is 14.2 Å². The van der Waals surface area contributed by atoms with Crippen LogP contribution >= 0.6 is 0 Å². The Morgan fingerprint density at radius 1 is 1.08 bits per heavy atom. The van der Waals surface area contributed by atoms with Crippen LogP contribution in [0.3, 0.4) is 0 Å². The zero-order chi connectivity index (χ0) is 18.3. The van der Waals surface area contributed by atoms with Crippen LogP contribution in [0.25, 0.3) is 0 Å². The van der Waals surface area contributed by atoms with Crippen molar-refractivity contribution in [3.63, 3.8) is 0 Å². The standard InChI is InChI=1S/C17H30O7/c1-5-7-12(18)22-9-11-16(24-13(19)8-6-2)15(20)14(10(3)4)17(21)23-11/h10-11,14-17,20-21H,5-9H2,1-4H3/t11-,14-,15-,16-,17?/m1/s1. The Labute approximate surface area is 143 Å². The van der Waals surface area contributed by atoms with Gasteiger partial charge in [0.25, 0.3) is 0 Å². The maximum absolute atomic E-state index is 11.8. The molecular formula is C17H30O7. The molecule has 0 amide bonds. The molecule has 7 heteroatoms. The lowest BCUT2D eigenvalue weighted by Crippen LogP contribution is -2.58. The lowest BCUT2D eigenvalue weighted by atomic mass is 9.83. The molecule has 0 aromatic heterocycles. The second-order valence-corrected chi connectivity index (χ2v) is 6.51. The Balaban J connectivity index is 2.83. The SMILES string of the molecule is CCCC(=O)OC[C@H]1OC(O)[C@H](C(C)C)[C@@H](O)[C@@H]1OC(=O)CCC. The molecule has 7 nitrogen and oxygen atoms in total. The van der Waals surface area contributed by atoms with Gasteiger partial charge in [0.1, 0.15) is 18.8 Å². The van der Waals surface area contributed by atoms with E-state index in [9.17, 15) is 19.8 Å². The first-order valence-corrected chi connectivity index (χ1v) is 8.68. The summed E-state index contributed by atoms with van der Waals surface area (Å²) >= 11 is 0. The van der Waals surface area contributed by atoms with Gasteiger partial charge in [0, 0.05) is 18.8 Å². The molecule has 24 heavy (non-hydrogen) atoms. The molecule has 0 aromatic rings. The Kier molecular flexibility index (Phi) is 8.66. The summed E-state index contributed by atoms with van der Waals surface area (Å²) in [4.78, 5) is 23.4. The van der Waals surface area contributed by atoms with Gasteiger partial charge in [-0.3, -0.25) is 9.59 Å². The van der Waals surface area contributed by atoms with Crippen LogP contribution in [0.15, 0.2) is 0 Å². The van der Waals surface area contributed by atoms with Crippen molar-refractivity contribution in [3.8, 4) is 0 Å². The predicted octanol–water partition coefficient (Wildman–Crippen LogP) is 1.39. The van der Waals surface area contributed by atoms with Crippen molar-refractivity contribution >= 4 is 11.9 Å². The maximum atomic E-state index is 11.8. The molecule has 2 N–H and O–H groups in total. The van der Waals surface area contributed by atoms with Gasteiger partial charge in [-0.25, -0.2) is 0 Å². The number of ether oxygens (including phenoxy) is 3. The van der Waals surface area contributed by atoms with Crippen LogP contribution in [0, 0.1) is 11.8 Å². The summed E-state index contributed by atoms with van der Waals surface area (Å²) in [5.74, 6) is -1.51. The van der Waals surface area contributed by atoms with Crippen molar-refractivity contribution in [1.29, 1.82) is 0 Å². The largest absolute Gasteiger partial charge is 0.463 e. The first-order chi connectivity index (χ1) is 11.3. The molecule has 0 aliphatic carbocycles. The van der Waals surface area contributed by atoms with Gasteiger partial charge in [-0.2, -0.15) is 0 Å². The molecule has 0 bridgehead atoms. The van der Waals surface area contributed by atoms with Gasteiger partial charge in [-0.1, -0.05) is 27.7 Å². The molecule has 140 valence electrons. The van der Waals surface area contributed by atoms with Crippen molar-refractivity contribution < 1.29 is 34.0 Å². The van der Waals surface area contributed by atoms with Gasteiger partial charge >= 0.3 is 11.9 Å². The Morgan fingerprint density at radius 3 is 2.21 bits per heavy atom. The highest BCUT2D eigenvalue weighted by molar-refractivity contribution is 5.70. The van der Waals surface area contributed by atoms with Crippen LogP contribution in [0.2, 0.25) is 0 Å². The number of aliphatic hydroxyl groups is 2. The fourth-order valence-electron chi connectivity index (χ4n) is 2.82. The van der Waals surface area contributed by atoms with Gasteiger partial charge in [0.15, 0.2) is 12.4 Å². The zero-order valence-electron chi connectivity index (χ0n) is 14.9. The molecule has 1 fully saturated rings. The van der Waals surface area contributed by atoms with Gasteiger partial charge in [-0.05, 0) is 18.8 Å². The third-order valence-electron chi connectivity index (χ3n) is 4.10. The van der Waals surface area contributed by atoms with E-state index in [1.807, 2.05) is 27.7 Å². The van der Waals surface area contributed by atoms with E-state index >= 15 is 0 Å². The summed E-state index contributed by atoms with van der Waals surface area (Å²) in [6, 6.07) is 0. The number of hydrogen-bond acceptors (Lipinski definition) is 7. The lowest BCUT2D eigenvalue weighted by Gasteiger charge is -2.43. The first kappa shape index (κ1) is 20.9. The average molecular weight is 346 g/mol. The lowest BCUT2D eigenvalue weighted by molar-refractivity contribution is -0.282. The molecule has 0 radical (unpaired) electrons. The topological polar surface area (TPSA) is 102 Å². The van der Waals surface area contributed by atoms with E-state index in [2.05, 4.69) is 0 Å². The van der Waals surface area contributed by atoms with Crippen molar-refractivity contribution in [2.75, 3.05) is 6.61 Å². The highest BCUT2D eigenvalue weighted by Crippen LogP contribution is 2.32. The summed E-state index contributed by atoms with van der Waals surface area (Å²) in [7, 11) is 0. The van der Waals surface area contributed by atoms with Gasteiger partial charge < -0.3 is 24.4 Å². The number of carbonyl (C=O) groups is 2. The van der Waals surface area contributed by atoms with Crippen molar-refractivity contribution in [2.45, 2.75) is 78.0 Å². The van der Waals surface area contributed by atoms with Crippen LogP contribution in [0.1, 0.15) is 53.4 Å². The highest BCUT2D eigenvalue weighted by Gasteiger charge is 2.48. The second kappa shape index (κ2) is 9.96. The van der Waals surface area contributed by atoms with E-state index in [1.54, 1.807) is 0 Å². The molecule has 1 aliphatic heterocycles. The second-order valence-electron chi connectivity index (χ2n) is 6.51. The van der Waals surface area contributed by atoms with Crippen LogP contribution in [0.4, 0.5) is 0 Å². The Hall–Kier alpha value is -1.18. The van der Waals surface area contributed by atoms with Crippen LogP contribution in [0.5, 0.6) is 0 Å². The van der Waals surface area contributed by atoms with E-state index in [0.29, 0.717) is 12.8 Å². The van der Waals surface area contributed by atoms with E-state index < -0.39 is 42.5 Å². The molecule has 0 saturated carbocycles. The molecule has 0 aromatic carbocycles. The third-order valence-corrected chi connectivity index (χ3v) is 4.10. The molecule has 1 saturated heterocycles. The van der Waals surface area contributed by atoms with Gasteiger partial charge in [0.05, 0.1) is 0 Å². The molecule has 1 heterocycles. The molecular weight excluding hydrogens is 316 g/mol. The van der Waals surface area contributed by atoms with Crippen molar-refractivity contribution in [2.24, 2.45) is 11.8 Å². The Morgan fingerprint density at radius 2 is 1.67 bits per heavy atom. The van der Waals surface area contributed by atoms with Gasteiger partial charge in [0.2, 0.25) is 0 Å². The average Bonchev–Trinajstić information content (AvgIpc) is 2.48. The highest BCUT2D eigenvalue weighted by atomic mass is 16.7. The van der Waals surface area contributed by atoms with E-state index in [-0.39, 0.29) is 25.4 Å². The zero-order valence-corrected chi connectivity index (χ0v) is 14.9. The summed E-state index contributed by atoms with van der Waals surface area (Å²) in [5, 5.41) is 20.7. The van der Waals surface area contributed by atoms with Crippen LogP contribution < -0.4 is 0 Å². The minimum Gasteiger partial charge on any atom is -0.463 e. The molecule has 1 rings (SSSR count). The molecule has 0 spiro atoms. The smallest absolute Gasteiger partial charge is 0.306 e. The number of rotatable bonds is 8. The van der Waals surface area contributed by atoms with E-state index in [1.165, 1.54) is 0 Å². The normalized spacial score (nSPS) is 30.2. The van der Waals surface area contributed by atoms with Crippen LogP contribution in [-0.4, -0.2) is 53.4 Å². The number of esters is 2. The molecule has 1 unspecified atom stereocenters. The van der Waals surface area contributed by atoms with Crippen LogP contribution in [-0.2, 0) is 23.8 Å². The van der Waals surface area contributed by atoms with Crippen molar-refractivity contribution in [1.82, 2.24) is 0 Å². The minimum atomic E-state index is -1.21.